The van der Waals surface area contributed by atoms with Gasteiger partial charge in [-0.3, -0.25) is 9.59 Å². The average molecular weight is 320 g/mol. The second kappa shape index (κ2) is 7.65. The van der Waals surface area contributed by atoms with Crippen LogP contribution in [-0.2, 0) is 10.5 Å². The van der Waals surface area contributed by atoms with Gasteiger partial charge in [-0.05, 0) is 24.6 Å². The lowest BCUT2D eigenvalue weighted by molar-refractivity contribution is -0.136. The number of aryl methyl sites for hydroxylation is 1. The number of nitrogens with one attached hydrogen (secondary N) is 1. The van der Waals surface area contributed by atoms with Gasteiger partial charge >= 0.3 is 5.97 Å². The van der Waals surface area contributed by atoms with Crippen LogP contribution in [0, 0.1) is 6.92 Å². The van der Waals surface area contributed by atoms with Crippen LogP contribution in [0.15, 0.2) is 34.9 Å². The Hall–Kier alpha value is -2.28. The maximum atomic E-state index is 12.0. The van der Waals surface area contributed by atoms with Gasteiger partial charge in [0.05, 0.1) is 12.1 Å². The fourth-order valence-electron chi connectivity index (χ4n) is 1.75. The first-order chi connectivity index (χ1) is 10.5. The van der Waals surface area contributed by atoms with Gasteiger partial charge in [0.1, 0.15) is 0 Å². The van der Waals surface area contributed by atoms with Crippen LogP contribution < -0.4 is 5.32 Å². The second-order valence-corrected chi connectivity index (χ2v) is 5.79. The minimum absolute atomic E-state index is 0.145. The molecule has 0 aliphatic heterocycles. The summed E-state index contributed by atoms with van der Waals surface area (Å²) in [5.74, 6) is 0.271. The number of aliphatic carboxylic acids is 1. The maximum Gasteiger partial charge on any atom is 0.304 e. The first-order valence-corrected chi connectivity index (χ1v) is 7.83. The molecule has 0 spiro atoms. The molecule has 116 valence electrons. The van der Waals surface area contributed by atoms with Crippen molar-refractivity contribution in [1.82, 2.24) is 5.16 Å². The molecule has 2 N–H and O–H groups in total. The molecule has 0 unspecified atom stereocenters. The summed E-state index contributed by atoms with van der Waals surface area (Å²) in [4.78, 5) is 22.4. The zero-order valence-corrected chi connectivity index (χ0v) is 12.9. The molecule has 0 atom stereocenters. The van der Waals surface area contributed by atoms with Gasteiger partial charge in [-0.15, -0.1) is 0 Å². The van der Waals surface area contributed by atoms with E-state index in [4.69, 9.17) is 9.63 Å². The fraction of sp³-hybridized carbons (Fsp3) is 0.267. The minimum atomic E-state index is -0.795. The molecule has 0 aliphatic rings. The Bertz CT molecular complexity index is 669. The molecule has 2 aromatic rings. The molecule has 1 aromatic carbocycles. The van der Waals surface area contributed by atoms with E-state index in [0.717, 1.165) is 5.56 Å². The number of carbonyl (C=O) groups excluding carboxylic acids is 1. The van der Waals surface area contributed by atoms with Gasteiger partial charge in [0, 0.05) is 23.3 Å². The fourth-order valence-corrected chi connectivity index (χ4v) is 2.63. The van der Waals surface area contributed by atoms with Crippen molar-refractivity contribution in [2.45, 2.75) is 19.1 Å². The summed E-state index contributed by atoms with van der Waals surface area (Å²) < 4.78 is 4.91. The van der Waals surface area contributed by atoms with Crippen molar-refractivity contribution in [1.29, 1.82) is 0 Å². The highest BCUT2D eigenvalue weighted by atomic mass is 32.2. The number of nitrogens with zero attached hydrogens (tertiary/aromatic N) is 1. The molecule has 7 heteroatoms. The molecule has 6 nitrogen and oxygen atoms in total. The molecule has 2 rings (SSSR count). The number of rotatable bonds is 7. The SMILES string of the molecule is Cc1cc(C(=O)Nc2cccc(CSCCC(=O)O)c2)on1. The van der Waals surface area contributed by atoms with Crippen molar-refractivity contribution in [2.24, 2.45) is 0 Å². The molecular formula is C15H16N2O4S. The van der Waals surface area contributed by atoms with Crippen molar-refractivity contribution in [3.8, 4) is 0 Å². The molecule has 22 heavy (non-hydrogen) atoms. The number of carbonyl (C=O) groups is 2. The average Bonchev–Trinajstić information content (AvgIpc) is 2.91. The van der Waals surface area contributed by atoms with Crippen LogP contribution in [-0.4, -0.2) is 27.9 Å². The first kappa shape index (κ1) is 16.1. The molecule has 0 radical (unpaired) electrons. The highest BCUT2D eigenvalue weighted by Gasteiger charge is 2.11. The molecule has 0 saturated heterocycles. The summed E-state index contributed by atoms with van der Waals surface area (Å²) in [6, 6.07) is 8.98. The lowest BCUT2D eigenvalue weighted by Crippen LogP contribution is -2.11. The second-order valence-electron chi connectivity index (χ2n) is 4.68. The molecule has 1 heterocycles. The summed E-state index contributed by atoms with van der Waals surface area (Å²) in [5.41, 5.74) is 2.33. The first-order valence-electron chi connectivity index (χ1n) is 6.68. The zero-order valence-electron chi connectivity index (χ0n) is 12.0. The third-order valence-corrected chi connectivity index (χ3v) is 3.80. The predicted octanol–water partition coefficient (Wildman–Crippen LogP) is 2.94. The maximum absolute atomic E-state index is 12.0. The number of thioether (sulfide) groups is 1. The van der Waals surface area contributed by atoms with Crippen molar-refractivity contribution < 1.29 is 19.2 Å². The number of amides is 1. The van der Waals surface area contributed by atoms with Crippen molar-refractivity contribution in [2.75, 3.05) is 11.1 Å². The van der Waals surface area contributed by atoms with Crippen LogP contribution in [0.3, 0.4) is 0 Å². The van der Waals surface area contributed by atoms with Gasteiger partial charge in [-0.2, -0.15) is 11.8 Å². The monoisotopic (exact) mass is 320 g/mol. The molecule has 1 aromatic heterocycles. The largest absolute Gasteiger partial charge is 0.481 e. The smallest absolute Gasteiger partial charge is 0.304 e. The van der Waals surface area contributed by atoms with Gasteiger partial charge in [-0.25, -0.2) is 0 Å². The molecule has 1 amide bonds. The van der Waals surface area contributed by atoms with Crippen LogP contribution in [0.25, 0.3) is 0 Å². The van der Waals surface area contributed by atoms with E-state index in [1.807, 2.05) is 18.2 Å². The Balaban J connectivity index is 1.90. The van der Waals surface area contributed by atoms with E-state index in [1.54, 1.807) is 19.1 Å². The van der Waals surface area contributed by atoms with E-state index in [2.05, 4.69) is 10.5 Å². The van der Waals surface area contributed by atoms with Gasteiger partial charge < -0.3 is 14.9 Å². The van der Waals surface area contributed by atoms with Gasteiger partial charge in [0.2, 0.25) is 5.76 Å². The van der Waals surface area contributed by atoms with Crippen LogP contribution >= 0.6 is 11.8 Å². The van der Waals surface area contributed by atoms with E-state index in [1.165, 1.54) is 11.8 Å². The minimum Gasteiger partial charge on any atom is -0.481 e. The van der Waals surface area contributed by atoms with E-state index < -0.39 is 5.97 Å². The Morgan fingerprint density at radius 2 is 2.18 bits per heavy atom. The number of carboxylic acids is 1. The highest BCUT2D eigenvalue weighted by Crippen LogP contribution is 2.18. The molecule has 0 bridgehead atoms. The van der Waals surface area contributed by atoms with Crippen LogP contribution in [0.1, 0.15) is 28.2 Å². The van der Waals surface area contributed by atoms with Gasteiger partial charge in [0.15, 0.2) is 0 Å². The van der Waals surface area contributed by atoms with Crippen molar-refractivity contribution in [3.63, 3.8) is 0 Å². The predicted molar refractivity (Wildman–Crippen MR) is 84.1 cm³/mol. The Morgan fingerprint density at radius 1 is 1.36 bits per heavy atom. The van der Waals surface area contributed by atoms with Crippen molar-refractivity contribution in [3.05, 3.63) is 47.3 Å². The summed E-state index contributed by atoms with van der Waals surface area (Å²) in [5, 5.41) is 15.0. The third kappa shape index (κ3) is 4.92. The summed E-state index contributed by atoms with van der Waals surface area (Å²) in [6.07, 6.45) is 0.145. The standard InChI is InChI=1S/C15H16N2O4S/c1-10-7-13(21-17-10)15(20)16-12-4-2-3-11(8-12)9-22-6-5-14(18)19/h2-4,7-8H,5-6,9H2,1H3,(H,16,20)(H,18,19). The number of aromatic nitrogens is 1. The summed E-state index contributed by atoms with van der Waals surface area (Å²) in [7, 11) is 0. The van der Waals surface area contributed by atoms with Gasteiger partial charge in [-0.1, -0.05) is 17.3 Å². The normalized spacial score (nSPS) is 10.4. The molecule has 0 fully saturated rings. The van der Waals surface area contributed by atoms with Crippen molar-refractivity contribution >= 4 is 29.3 Å². The third-order valence-electron chi connectivity index (χ3n) is 2.77. The van der Waals surface area contributed by atoms with Crippen LogP contribution in [0.4, 0.5) is 5.69 Å². The number of hydrogen-bond donors (Lipinski definition) is 2. The molecule has 0 saturated carbocycles. The van der Waals surface area contributed by atoms with Gasteiger partial charge in [0.25, 0.3) is 5.91 Å². The Kier molecular flexibility index (Phi) is 5.60. The van der Waals surface area contributed by atoms with Crippen LogP contribution in [0.2, 0.25) is 0 Å². The number of benzene rings is 1. The number of anilines is 1. The van der Waals surface area contributed by atoms with E-state index >= 15 is 0 Å². The lowest BCUT2D eigenvalue weighted by atomic mass is 10.2. The zero-order chi connectivity index (χ0) is 15.9. The lowest BCUT2D eigenvalue weighted by Gasteiger charge is -2.06. The van der Waals surface area contributed by atoms with E-state index in [-0.39, 0.29) is 18.1 Å². The van der Waals surface area contributed by atoms with E-state index in [0.29, 0.717) is 22.9 Å². The number of carboxylic acid groups (broad SMARTS) is 1. The Labute approximate surface area is 131 Å². The molecule has 0 aliphatic carbocycles. The molecular weight excluding hydrogens is 304 g/mol. The van der Waals surface area contributed by atoms with Crippen LogP contribution in [0.5, 0.6) is 0 Å². The topological polar surface area (TPSA) is 92.4 Å². The number of hydrogen-bond acceptors (Lipinski definition) is 5. The highest BCUT2D eigenvalue weighted by molar-refractivity contribution is 7.98. The summed E-state index contributed by atoms with van der Waals surface area (Å²) >= 11 is 1.54. The summed E-state index contributed by atoms with van der Waals surface area (Å²) in [6.45, 7) is 1.75. The Morgan fingerprint density at radius 3 is 2.86 bits per heavy atom. The quantitative estimate of drug-likeness (QED) is 0.762. The van der Waals surface area contributed by atoms with E-state index in [9.17, 15) is 9.59 Å².